The van der Waals surface area contributed by atoms with Crippen LogP contribution in [0.2, 0.25) is 0 Å². The maximum Gasteiger partial charge on any atom is 0.329 e. The van der Waals surface area contributed by atoms with Gasteiger partial charge in [0, 0.05) is 12.1 Å². The van der Waals surface area contributed by atoms with Crippen molar-refractivity contribution in [2.75, 3.05) is 13.7 Å². The van der Waals surface area contributed by atoms with E-state index in [1.54, 1.807) is 6.92 Å². The van der Waals surface area contributed by atoms with E-state index in [1.807, 2.05) is 19.9 Å². The van der Waals surface area contributed by atoms with Crippen LogP contribution in [0, 0.1) is 11.3 Å². The van der Waals surface area contributed by atoms with Gasteiger partial charge in [0.15, 0.2) is 0 Å². The highest BCUT2D eigenvalue weighted by molar-refractivity contribution is 5.91. The molecule has 0 aromatic rings. The number of nitrogens with zero attached hydrogens (tertiary/aromatic N) is 1. The molecule has 134 valence electrons. The first-order chi connectivity index (χ1) is 11.4. The minimum Gasteiger partial charge on any atom is -0.467 e. The third-order valence-corrected chi connectivity index (χ3v) is 4.95. The topological polar surface area (TPSA) is 72.9 Å². The van der Waals surface area contributed by atoms with Crippen molar-refractivity contribution in [1.29, 1.82) is 0 Å². The van der Waals surface area contributed by atoms with Crippen molar-refractivity contribution >= 4 is 17.8 Å². The molecule has 24 heavy (non-hydrogen) atoms. The predicted octanol–water partition coefficient (Wildman–Crippen LogP) is 2.42. The highest BCUT2D eigenvalue weighted by Crippen LogP contribution is 2.48. The van der Waals surface area contributed by atoms with E-state index in [2.05, 4.69) is 0 Å². The van der Waals surface area contributed by atoms with E-state index in [4.69, 9.17) is 9.47 Å². The van der Waals surface area contributed by atoms with Crippen LogP contribution in [0.4, 0.5) is 0 Å². The highest BCUT2D eigenvalue weighted by atomic mass is 16.5. The molecule has 0 radical (unpaired) electrons. The third-order valence-electron chi connectivity index (χ3n) is 4.95. The number of likely N-dealkylation sites (tertiary alicyclic amines) is 1. The van der Waals surface area contributed by atoms with Gasteiger partial charge in [-0.25, -0.2) is 4.79 Å². The Morgan fingerprint density at radius 2 is 2.04 bits per heavy atom. The zero-order valence-corrected chi connectivity index (χ0v) is 15.0. The molecule has 0 aromatic carbocycles. The minimum atomic E-state index is -0.816. The molecule has 0 aromatic heterocycles. The van der Waals surface area contributed by atoms with Gasteiger partial charge < -0.3 is 14.4 Å². The monoisotopic (exact) mass is 337 g/mol. The lowest BCUT2D eigenvalue weighted by Gasteiger charge is -2.47. The SMILES string of the molecule is CCOC(=O)[C@]12CCCC=C1N([C@H](C(=O)OC)C(C)C)C(=O)CC2. The molecule has 6 nitrogen and oxygen atoms in total. The molecule has 2 rings (SSSR count). The van der Waals surface area contributed by atoms with Gasteiger partial charge in [-0.15, -0.1) is 0 Å². The maximum absolute atomic E-state index is 12.7. The number of ether oxygens (including phenoxy) is 2. The highest BCUT2D eigenvalue weighted by Gasteiger charge is 2.53. The van der Waals surface area contributed by atoms with Crippen LogP contribution < -0.4 is 0 Å². The summed E-state index contributed by atoms with van der Waals surface area (Å²) >= 11 is 0. The van der Waals surface area contributed by atoms with Crippen LogP contribution in [0.25, 0.3) is 0 Å². The number of rotatable bonds is 5. The summed E-state index contributed by atoms with van der Waals surface area (Å²) in [4.78, 5) is 39.2. The molecular formula is C18H27NO5. The zero-order chi connectivity index (χ0) is 17.9. The van der Waals surface area contributed by atoms with Gasteiger partial charge in [0.25, 0.3) is 0 Å². The number of carbonyl (C=O) groups excluding carboxylic acids is 3. The zero-order valence-electron chi connectivity index (χ0n) is 15.0. The number of piperidine rings is 1. The van der Waals surface area contributed by atoms with Gasteiger partial charge >= 0.3 is 11.9 Å². The molecule has 2 aliphatic rings. The van der Waals surface area contributed by atoms with Crippen molar-refractivity contribution in [3.8, 4) is 0 Å². The Morgan fingerprint density at radius 3 is 2.62 bits per heavy atom. The summed E-state index contributed by atoms with van der Waals surface area (Å²) in [6.07, 6.45) is 4.90. The second-order valence-electron chi connectivity index (χ2n) is 6.76. The van der Waals surface area contributed by atoms with Crippen molar-refractivity contribution in [3.63, 3.8) is 0 Å². The first-order valence-corrected chi connectivity index (χ1v) is 8.66. The molecule has 1 aliphatic heterocycles. The van der Waals surface area contributed by atoms with E-state index >= 15 is 0 Å². The molecule has 0 N–H and O–H groups in total. The van der Waals surface area contributed by atoms with E-state index in [1.165, 1.54) is 12.0 Å². The molecule has 6 heteroatoms. The molecule has 0 bridgehead atoms. The van der Waals surface area contributed by atoms with E-state index < -0.39 is 17.4 Å². The number of esters is 2. The molecule has 0 spiro atoms. The Balaban J connectivity index is 2.50. The van der Waals surface area contributed by atoms with E-state index in [0.29, 0.717) is 25.1 Å². The van der Waals surface area contributed by atoms with Crippen molar-refractivity contribution in [2.24, 2.45) is 11.3 Å². The standard InChI is InChI=1S/C18H27NO5/c1-5-24-17(22)18-10-7-6-8-13(18)19(14(20)9-11-18)15(12(2)3)16(21)23-4/h8,12,15H,5-7,9-11H2,1-4H3/t15-,18-/m0/s1. The van der Waals surface area contributed by atoms with Gasteiger partial charge in [-0.1, -0.05) is 19.9 Å². The Morgan fingerprint density at radius 1 is 1.33 bits per heavy atom. The van der Waals surface area contributed by atoms with Gasteiger partial charge in [0.05, 0.1) is 13.7 Å². The summed E-state index contributed by atoms with van der Waals surface area (Å²) in [5, 5.41) is 0. The van der Waals surface area contributed by atoms with Crippen LogP contribution in [0.3, 0.4) is 0 Å². The van der Waals surface area contributed by atoms with E-state index in [-0.39, 0.29) is 24.2 Å². The van der Waals surface area contributed by atoms with Crippen LogP contribution in [0.5, 0.6) is 0 Å². The summed E-state index contributed by atoms with van der Waals surface area (Å²) in [5.41, 5.74) is -0.184. The second kappa shape index (κ2) is 7.36. The molecular weight excluding hydrogens is 310 g/mol. The lowest BCUT2D eigenvalue weighted by molar-refractivity contribution is -0.164. The molecule has 0 saturated carbocycles. The molecule has 1 heterocycles. The molecule has 1 saturated heterocycles. The van der Waals surface area contributed by atoms with Crippen molar-refractivity contribution < 1.29 is 23.9 Å². The quantitative estimate of drug-likeness (QED) is 0.720. The number of allylic oxidation sites excluding steroid dienone is 1. The van der Waals surface area contributed by atoms with Crippen LogP contribution in [-0.2, 0) is 23.9 Å². The third kappa shape index (κ3) is 3.06. The summed E-state index contributed by atoms with van der Waals surface area (Å²) in [6.45, 7) is 5.82. The minimum absolute atomic E-state index is 0.123. The number of carbonyl (C=O) groups is 3. The number of fused-ring (bicyclic) bond motifs is 1. The van der Waals surface area contributed by atoms with E-state index in [0.717, 1.165) is 12.8 Å². The number of hydrogen-bond acceptors (Lipinski definition) is 5. The molecule has 0 unspecified atom stereocenters. The van der Waals surface area contributed by atoms with Gasteiger partial charge in [-0.2, -0.15) is 0 Å². The fourth-order valence-electron chi connectivity index (χ4n) is 3.80. The lowest BCUT2D eigenvalue weighted by atomic mass is 9.69. The van der Waals surface area contributed by atoms with Gasteiger partial charge in [-0.3, -0.25) is 9.59 Å². The van der Waals surface area contributed by atoms with Gasteiger partial charge in [0.1, 0.15) is 11.5 Å². The molecule has 1 fully saturated rings. The van der Waals surface area contributed by atoms with Crippen LogP contribution in [0.1, 0.15) is 52.9 Å². The van der Waals surface area contributed by atoms with Crippen LogP contribution in [-0.4, -0.2) is 42.5 Å². The van der Waals surface area contributed by atoms with Gasteiger partial charge in [0.2, 0.25) is 5.91 Å². The lowest BCUT2D eigenvalue weighted by Crippen LogP contribution is -2.56. The summed E-state index contributed by atoms with van der Waals surface area (Å²) in [6, 6.07) is -0.721. The first kappa shape index (κ1) is 18.5. The average molecular weight is 337 g/mol. The number of amides is 1. The predicted molar refractivity (Wildman–Crippen MR) is 87.7 cm³/mol. The summed E-state index contributed by atoms with van der Waals surface area (Å²) < 4.78 is 10.2. The molecule has 1 aliphatic carbocycles. The Kier molecular flexibility index (Phi) is 5.67. The maximum atomic E-state index is 12.7. The summed E-state index contributed by atoms with van der Waals surface area (Å²) in [7, 11) is 1.32. The molecule has 1 amide bonds. The van der Waals surface area contributed by atoms with E-state index in [9.17, 15) is 14.4 Å². The fourth-order valence-corrected chi connectivity index (χ4v) is 3.80. The normalized spacial score (nSPS) is 25.0. The second-order valence-corrected chi connectivity index (χ2v) is 6.76. The Labute approximate surface area is 143 Å². The largest absolute Gasteiger partial charge is 0.467 e. The summed E-state index contributed by atoms with van der Waals surface area (Å²) in [5.74, 6) is -1.00. The van der Waals surface area contributed by atoms with Crippen LogP contribution >= 0.6 is 0 Å². The number of hydrogen-bond donors (Lipinski definition) is 0. The van der Waals surface area contributed by atoms with Gasteiger partial charge in [-0.05, 0) is 38.5 Å². The van der Waals surface area contributed by atoms with Crippen molar-refractivity contribution in [3.05, 3.63) is 11.8 Å². The molecule has 2 atom stereocenters. The fraction of sp³-hybridized carbons (Fsp3) is 0.722. The number of methoxy groups -OCH3 is 1. The van der Waals surface area contributed by atoms with Crippen molar-refractivity contribution in [2.45, 2.75) is 58.9 Å². The smallest absolute Gasteiger partial charge is 0.329 e. The first-order valence-electron chi connectivity index (χ1n) is 8.66. The van der Waals surface area contributed by atoms with Crippen molar-refractivity contribution in [1.82, 2.24) is 4.90 Å². The van der Waals surface area contributed by atoms with Crippen LogP contribution in [0.15, 0.2) is 11.8 Å². The Hall–Kier alpha value is -1.85. The average Bonchev–Trinajstić information content (AvgIpc) is 2.56. The Bertz CT molecular complexity index is 554.